The minimum atomic E-state index is -1.43. The molecule has 0 aliphatic carbocycles. The first-order valence-corrected chi connectivity index (χ1v) is 25.4. The Hall–Kier alpha value is -4.08. The third-order valence-electron chi connectivity index (χ3n) is 13.7. The SMILES string of the molecule is CCC(=O)O[C@@H]1C(C)O[C@@H](O[C@@H]2C(C)O[C@@H](O[C@H]3[C@@H](CC=O)C[C@@H](C)[C@@H](OC(C)=O)CN(CCCCc4ccccc4)CCCNC(=O)C[C@@H](OC(=O)CC)[C@@H]3OC)C(O)C2N(C)C)CC1(C)OC(C)=O. The molecule has 3 aliphatic rings. The molecule has 1 aromatic carbocycles. The number of carbonyl (C=O) groups excluding carboxylic acids is 6. The van der Waals surface area contributed by atoms with Gasteiger partial charge in [-0.15, -0.1) is 0 Å². The average molecular weight is 1010 g/mol. The molecule has 0 aromatic heterocycles. The summed E-state index contributed by atoms with van der Waals surface area (Å²) in [5.74, 6) is -3.59. The third-order valence-corrected chi connectivity index (χ3v) is 13.7. The first-order chi connectivity index (χ1) is 33.7. The molecule has 3 saturated heterocycles. The molecule has 3 heterocycles. The lowest BCUT2D eigenvalue weighted by Crippen LogP contribution is -2.66. The van der Waals surface area contributed by atoms with Gasteiger partial charge < -0.3 is 62.7 Å². The van der Waals surface area contributed by atoms with Gasteiger partial charge >= 0.3 is 23.9 Å². The summed E-state index contributed by atoms with van der Waals surface area (Å²) < 4.78 is 56.0. The second-order valence-corrected chi connectivity index (χ2v) is 19.8. The van der Waals surface area contributed by atoms with E-state index >= 15 is 0 Å². The van der Waals surface area contributed by atoms with Crippen LogP contribution in [0.15, 0.2) is 30.3 Å². The van der Waals surface area contributed by atoms with Gasteiger partial charge in [-0.2, -0.15) is 0 Å². The normalized spacial score (nSPS) is 33.7. The topological polar surface area (TPSA) is 224 Å². The Balaban J connectivity index is 1.70. The van der Waals surface area contributed by atoms with Crippen LogP contribution in [0.2, 0.25) is 0 Å². The molecule has 0 bridgehead atoms. The van der Waals surface area contributed by atoms with E-state index in [1.807, 2.05) is 25.1 Å². The molecule has 5 unspecified atom stereocenters. The van der Waals surface area contributed by atoms with Crippen LogP contribution in [0.1, 0.15) is 119 Å². The summed E-state index contributed by atoms with van der Waals surface area (Å²) in [5.41, 5.74) is -0.0780. The van der Waals surface area contributed by atoms with Crippen LogP contribution >= 0.6 is 0 Å². The molecule has 1 aromatic rings. The Morgan fingerprint density at radius 2 is 1.59 bits per heavy atom. The van der Waals surface area contributed by atoms with Crippen molar-refractivity contribution < 1.29 is 76.5 Å². The van der Waals surface area contributed by atoms with Gasteiger partial charge in [-0.05, 0) is 97.5 Å². The van der Waals surface area contributed by atoms with E-state index < -0.39 is 115 Å². The van der Waals surface area contributed by atoms with Crippen molar-refractivity contribution in [3.8, 4) is 0 Å². The highest BCUT2D eigenvalue weighted by Crippen LogP contribution is 2.39. The minimum Gasteiger partial charge on any atom is -0.461 e. The number of rotatable bonds is 19. The number of nitrogens with one attached hydrogen (secondary N) is 1. The number of benzene rings is 1. The molecule has 15 atom stereocenters. The van der Waals surface area contributed by atoms with Crippen molar-refractivity contribution in [1.29, 1.82) is 0 Å². The molecule has 1 amide bonds. The van der Waals surface area contributed by atoms with Crippen LogP contribution in [0.25, 0.3) is 0 Å². The molecular weight excluding hydrogens is 923 g/mol. The second-order valence-electron chi connectivity index (χ2n) is 19.8. The lowest BCUT2D eigenvalue weighted by molar-refractivity contribution is -0.344. The predicted octanol–water partition coefficient (Wildman–Crippen LogP) is 4.31. The summed E-state index contributed by atoms with van der Waals surface area (Å²) in [6.07, 6.45) is -7.31. The van der Waals surface area contributed by atoms with Crippen molar-refractivity contribution in [2.45, 2.75) is 199 Å². The highest BCUT2D eigenvalue weighted by Gasteiger charge is 2.54. The van der Waals surface area contributed by atoms with Gasteiger partial charge in [-0.25, -0.2) is 0 Å². The molecule has 0 radical (unpaired) electrons. The first kappa shape index (κ1) is 59.5. The van der Waals surface area contributed by atoms with E-state index in [1.165, 1.54) is 26.5 Å². The van der Waals surface area contributed by atoms with Gasteiger partial charge in [0.15, 0.2) is 24.3 Å². The first-order valence-electron chi connectivity index (χ1n) is 25.4. The largest absolute Gasteiger partial charge is 0.461 e. The molecule has 2 N–H and O–H groups in total. The van der Waals surface area contributed by atoms with Crippen molar-refractivity contribution in [3.63, 3.8) is 0 Å². The zero-order valence-electron chi connectivity index (χ0n) is 43.9. The zero-order chi connectivity index (χ0) is 52.4. The maximum absolute atomic E-state index is 13.8. The fourth-order valence-corrected chi connectivity index (χ4v) is 10.2. The predicted molar refractivity (Wildman–Crippen MR) is 259 cm³/mol. The summed E-state index contributed by atoms with van der Waals surface area (Å²) in [4.78, 5) is 81.2. The number of nitrogens with zero attached hydrogens (tertiary/aromatic N) is 2. The summed E-state index contributed by atoms with van der Waals surface area (Å²) >= 11 is 0. The van der Waals surface area contributed by atoms with Crippen LogP contribution in [-0.4, -0.2) is 178 Å². The molecule has 402 valence electrons. The molecule has 0 spiro atoms. The van der Waals surface area contributed by atoms with Gasteiger partial charge in [0.2, 0.25) is 5.91 Å². The number of hydrogen-bond donors (Lipinski definition) is 2. The van der Waals surface area contributed by atoms with Gasteiger partial charge in [-0.1, -0.05) is 51.1 Å². The Labute approximate surface area is 420 Å². The van der Waals surface area contributed by atoms with Crippen molar-refractivity contribution in [2.75, 3.05) is 47.4 Å². The van der Waals surface area contributed by atoms with Gasteiger partial charge in [0.1, 0.15) is 36.8 Å². The Morgan fingerprint density at radius 1 is 0.901 bits per heavy atom. The lowest BCUT2D eigenvalue weighted by Gasteiger charge is -2.50. The lowest BCUT2D eigenvalue weighted by atomic mass is 9.82. The number of aliphatic hydroxyl groups excluding tert-OH is 1. The number of aliphatic hydroxyl groups is 1. The number of esters is 4. The molecular formula is C52H83N3O16. The van der Waals surface area contributed by atoms with Gasteiger partial charge in [0.05, 0.1) is 30.8 Å². The van der Waals surface area contributed by atoms with Crippen LogP contribution < -0.4 is 5.32 Å². The van der Waals surface area contributed by atoms with Gasteiger partial charge in [0.25, 0.3) is 0 Å². The number of aldehydes is 1. The number of likely N-dealkylation sites (N-methyl/N-ethyl adjacent to an activating group) is 1. The van der Waals surface area contributed by atoms with E-state index in [2.05, 4.69) is 22.3 Å². The quantitative estimate of drug-likeness (QED) is 0.0853. The summed E-state index contributed by atoms with van der Waals surface area (Å²) in [6, 6.07) is 9.44. The number of unbranched alkanes of at least 4 members (excludes halogenated alkanes) is 1. The number of ether oxygens (including phenoxy) is 9. The van der Waals surface area contributed by atoms with E-state index in [0.717, 1.165) is 25.5 Å². The maximum atomic E-state index is 13.8. The standard InChI is InChI=1S/C52H83N3O16/c1-12-42(60)67-39-29-41(59)53-24-19-26-55(25-18-17-22-37-20-15-14-16-21-37)31-40(66-35(6)57)32(3)28-38(23-27-56)48(49(39)63-11)70-51-46(62)45(54(9)10)47(33(4)65-51)69-44-30-52(8,71-36(7)58)50(34(5)64-44)68-43(61)13-2/h14-16,20-21,27,32-34,38-40,44-51,62H,12-13,17-19,22-26,28-31H2,1-11H3,(H,53,59)/t32-,33?,34?,38+,39-,40+,44+,45?,46?,47-,48+,49+,50-,51+,52?/m1/s1. The third kappa shape index (κ3) is 17.8. The minimum absolute atomic E-state index is 0.00204. The number of hydrogen-bond acceptors (Lipinski definition) is 18. The Kier molecular flexibility index (Phi) is 24.3. The molecule has 4 rings (SSSR count). The molecule has 19 heteroatoms. The van der Waals surface area contributed by atoms with E-state index in [-0.39, 0.29) is 44.4 Å². The van der Waals surface area contributed by atoms with Crippen LogP contribution in [-0.2, 0) is 77.8 Å². The second kappa shape index (κ2) is 29.0. The van der Waals surface area contributed by atoms with Gasteiger partial charge in [-0.3, -0.25) is 28.9 Å². The van der Waals surface area contributed by atoms with Crippen LogP contribution in [0.4, 0.5) is 0 Å². The highest BCUT2D eigenvalue weighted by molar-refractivity contribution is 5.77. The van der Waals surface area contributed by atoms with E-state index in [1.54, 1.807) is 53.6 Å². The van der Waals surface area contributed by atoms with E-state index in [4.69, 9.17) is 42.6 Å². The van der Waals surface area contributed by atoms with Crippen LogP contribution in [0.5, 0.6) is 0 Å². The fourth-order valence-electron chi connectivity index (χ4n) is 10.2. The van der Waals surface area contributed by atoms with Crippen molar-refractivity contribution in [2.24, 2.45) is 11.8 Å². The average Bonchev–Trinajstić information content (AvgIpc) is 3.30. The molecule has 71 heavy (non-hydrogen) atoms. The fraction of sp³-hybridized carbons (Fsp3) is 0.769. The smallest absolute Gasteiger partial charge is 0.306 e. The number of amides is 1. The summed E-state index contributed by atoms with van der Waals surface area (Å²) in [6.45, 7) is 15.0. The zero-order valence-corrected chi connectivity index (χ0v) is 43.9. The molecule has 3 aliphatic heterocycles. The van der Waals surface area contributed by atoms with E-state index in [0.29, 0.717) is 32.6 Å². The number of methoxy groups -OCH3 is 1. The van der Waals surface area contributed by atoms with Crippen molar-refractivity contribution in [3.05, 3.63) is 35.9 Å². The highest BCUT2D eigenvalue weighted by atomic mass is 16.7. The van der Waals surface area contributed by atoms with Crippen molar-refractivity contribution >= 4 is 36.1 Å². The number of aryl methyl sites for hydroxylation is 1. The van der Waals surface area contributed by atoms with Crippen LogP contribution in [0, 0.1) is 11.8 Å². The summed E-state index contributed by atoms with van der Waals surface area (Å²) in [5, 5.41) is 15.4. The molecule has 0 saturated carbocycles. The monoisotopic (exact) mass is 1010 g/mol. The van der Waals surface area contributed by atoms with Crippen molar-refractivity contribution in [1.82, 2.24) is 15.1 Å². The van der Waals surface area contributed by atoms with Gasteiger partial charge in [0, 0.05) is 59.7 Å². The summed E-state index contributed by atoms with van der Waals surface area (Å²) in [7, 11) is 4.91. The number of carbonyl (C=O) groups is 6. The van der Waals surface area contributed by atoms with E-state index in [9.17, 15) is 33.9 Å². The molecule has 19 nitrogen and oxygen atoms in total. The Morgan fingerprint density at radius 3 is 2.21 bits per heavy atom. The van der Waals surface area contributed by atoms with Crippen LogP contribution in [0.3, 0.4) is 0 Å². The Bertz CT molecular complexity index is 1840. The molecule has 3 fully saturated rings. The maximum Gasteiger partial charge on any atom is 0.306 e.